The third-order valence-electron chi connectivity index (χ3n) is 3.58. The van der Waals surface area contributed by atoms with Crippen LogP contribution in [-0.2, 0) is 0 Å². The molecule has 0 unspecified atom stereocenters. The summed E-state index contributed by atoms with van der Waals surface area (Å²) < 4.78 is 0. The third-order valence-corrected chi connectivity index (χ3v) is 3.58. The lowest BCUT2D eigenvalue weighted by Gasteiger charge is -2.17. The van der Waals surface area contributed by atoms with Gasteiger partial charge in [0, 0.05) is 12.0 Å². The summed E-state index contributed by atoms with van der Waals surface area (Å²) in [6.07, 6.45) is 14.5. The van der Waals surface area contributed by atoms with Crippen LogP contribution in [-0.4, -0.2) is 13.1 Å². The van der Waals surface area contributed by atoms with Crippen molar-refractivity contribution in [3.63, 3.8) is 0 Å². The Morgan fingerprint density at radius 1 is 1.31 bits per heavy atom. The number of hydrogen-bond donors (Lipinski definition) is 1. The molecule has 0 radical (unpaired) electrons. The molecule has 0 aromatic carbocycles. The molecule has 1 saturated heterocycles. The van der Waals surface area contributed by atoms with Gasteiger partial charge in [-0.3, -0.25) is 0 Å². The van der Waals surface area contributed by atoms with Gasteiger partial charge in [-0.1, -0.05) is 37.0 Å². The average molecular weight is 215 g/mol. The fourth-order valence-corrected chi connectivity index (χ4v) is 2.51. The Morgan fingerprint density at radius 2 is 2.12 bits per heavy atom. The Kier molecular flexibility index (Phi) is 3.45. The van der Waals surface area contributed by atoms with Crippen molar-refractivity contribution >= 4 is 0 Å². The molecule has 1 nitrogen and oxygen atoms in total. The minimum atomic E-state index is 0.435. The van der Waals surface area contributed by atoms with Crippen LogP contribution in [0.15, 0.2) is 48.1 Å². The van der Waals surface area contributed by atoms with E-state index in [0.29, 0.717) is 5.41 Å². The van der Waals surface area contributed by atoms with Gasteiger partial charge in [0.15, 0.2) is 0 Å². The molecule has 0 atom stereocenters. The van der Waals surface area contributed by atoms with Crippen LogP contribution >= 0.6 is 0 Å². The molecule has 0 amide bonds. The Morgan fingerprint density at radius 3 is 2.75 bits per heavy atom. The zero-order valence-corrected chi connectivity index (χ0v) is 10.1. The Bertz CT molecular complexity index is 354. The number of nitrogens with one attached hydrogen (secondary N) is 1. The fraction of sp³-hybridized carbons (Fsp3) is 0.467. The highest BCUT2D eigenvalue weighted by Gasteiger charge is 2.46. The quantitative estimate of drug-likeness (QED) is 0.744. The van der Waals surface area contributed by atoms with Gasteiger partial charge in [-0.05, 0) is 43.9 Å². The van der Waals surface area contributed by atoms with Crippen molar-refractivity contribution in [1.82, 2.24) is 5.32 Å². The van der Waals surface area contributed by atoms with Crippen LogP contribution in [0.4, 0.5) is 0 Å². The van der Waals surface area contributed by atoms with Gasteiger partial charge < -0.3 is 5.32 Å². The molecule has 1 N–H and O–H groups in total. The first-order chi connectivity index (χ1) is 7.82. The van der Waals surface area contributed by atoms with Crippen molar-refractivity contribution in [1.29, 1.82) is 0 Å². The summed E-state index contributed by atoms with van der Waals surface area (Å²) in [5, 5.41) is 3.55. The van der Waals surface area contributed by atoms with Crippen molar-refractivity contribution in [2.45, 2.75) is 26.2 Å². The highest BCUT2D eigenvalue weighted by Crippen LogP contribution is 2.54. The van der Waals surface area contributed by atoms with E-state index in [2.05, 4.69) is 43.1 Å². The largest absolute Gasteiger partial charge is 0.316 e. The first-order valence-corrected chi connectivity index (χ1v) is 6.18. The van der Waals surface area contributed by atoms with E-state index in [1.807, 2.05) is 6.08 Å². The number of hydrogen-bond acceptors (Lipinski definition) is 1. The summed E-state index contributed by atoms with van der Waals surface area (Å²) in [5.41, 5.74) is 3.44. The monoisotopic (exact) mass is 215 g/mol. The molecule has 0 aromatic rings. The van der Waals surface area contributed by atoms with E-state index in [-0.39, 0.29) is 0 Å². The third kappa shape index (κ3) is 2.19. The van der Waals surface area contributed by atoms with Crippen LogP contribution in [0.25, 0.3) is 0 Å². The first kappa shape index (κ1) is 11.4. The maximum absolute atomic E-state index is 3.83. The van der Waals surface area contributed by atoms with E-state index in [4.69, 9.17) is 0 Å². The van der Waals surface area contributed by atoms with Crippen molar-refractivity contribution in [3.05, 3.63) is 48.1 Å². The van der Waals surface area contributed by atoms with E-state index in [1.165, 1.54) is 24.0 Å². The SMILES string of the molecule is C=C/C=C1/CCNCC2(CC2)/C1=C/C=C\C. The Hall–Kier alpha value is -1.08. The zero-order valence-electron chi connectivity index (χ0n) is 10.1. The molecule has 0 aromatic heterocycles. The minimum Gasteiger partial charge on any atom is -0.316 e. The molecular weight excluding hydrogens is 194 g/mol. The van der Waals surface area contributed by atoms with Crippen LogP contribution in [0.5, 0.6) is 0 Å². The zero-order chi connectivity index (χ0) is 11.4. The molecule has 2 fully saturated rings. The fourth-order valence-electron chi connectivity index (χ4n) is 2.51. The lowest BCUT2D eigenvalue weighted by atomic mass is 9.88. The molecule has 1 spiro atoms. The van der Waals surface area contributed by atoms with Crippen molar-refractivity contribution < 1.29 is 0 Å². The second-order valence-electron chi connectivity index (χ2n) is 4.74. The highest BCUT2D eigenvalue weighted by molar-refractivity contribution is 5.45. The van der Waals surface area contributed by atoms with Crippen LogP contribution in [0.3, 0.4) is 0 Å². The number of allylic oxidation sites excluding steroid dienone is 5. The van der Waals surface area contributed by atoms with Crippen molar-refractivity contribution in [2.24, 2.45) is 5.41 Å². The maximum atomic E-state index is 3.83. The lowest BCUT2D eigenvalue weighted by Crippen LogP contribution is -2.22. The van der Waals surface area contributed by atoms with E-state index in [1.54, 1.807) is 0 Å². The molecule has 2 rings (SSSR count). The summed E-state index contributed by atoms with van der Waals surface area (Å²) in [6.45, 7) is 8.13. The summed E-state index contributed by atoms with van der Waals surface area (Å²) in [4.78, 5) is 0. The molecule has 86 valence electrons. The van der Waals surface area contributed by atoms with E-state index in [0.717, 1.165) is 19.5 Å². The normalized spacial score (nSPS) is 28.8. The molecule has 1 heteroatoms. The predicted octanol–water partition coefficient (Wildman–Crippen LogP) is 3.37. The van der Waals surface area contributed by atoms with Crippen LogP contribution < -0.4 is 5.32 Å². The van der Waals surface area contributed by atoms with Gasteiger partial charge in [0.05, 0.1) is 0 Å². The van der Waals surface area contributed by atoms with Gasteiger partial charge in [0.2, 0.25) is 0 Å². The van der Waals surface area contributed by atoms with Crippen LogP contribution in [0.2, 0.25) is 0 Å². The van der Waals surface area contributed by atoms with E-state index >= 15 is 0 Å². The van der Waals surface area contributed by atoms with Gasteiger partial charge in [-0.25, -0.2) is 0 Å². The first-order valence-electron chi connectivity index (χ1n) is 6.18. The molecule has 1 heterocycles. The second kappa shape index (κ2) is 4.84. The maximum Gasteiger partial charge on any atom is 0.00811 e. The van der Waals surface area contributed by atoms with Gasteiger partial charge in [0.1, 0.15) is 0 Å². The lowest BCUT2D eigenvalue weighted by molar-refractivity contribution is 0.560. The van der Waals surface area contributed by atoms with E-state index < -0.39 is 0 Å². The molecule has 1 aliphatic heterocycles. The summed E-state index contributed by atoms with van der Waals surface area (Å²) in [7, 11) is 0. The standard InChI is InChI=1S/C15H21N/c1-3-5-7-14-13(6-4-2)8-11-16-12-15(14)9-10-15/h3-7,16H,2,8-12H2,1H3/b5-3-,13-6-,14-7+. The summed E-state index contributed by atoms with van der Waals surface area (Å²) in [5.74, 6) is 0. The van der Waals surface area contributed by atoms with Crippen molar-refractivity contribution in [2.75, 3.05) is 13.1 Å². The number of rotatable bonds is 2. The Labute approximate surface area is 98.6 Å². The Balaban J connectivity index is 2.35. The van der Waals surface area contributed by atoms with Gasteiger partial charge in [-0.15, -0.1) is 0 Å². The molecule has 1 aliphatic carbocycles. The molecular formula is C15H21N. The van der Waals surface area contributed by atoms with Gasteiger partial charge >= 0.3 is 0 Å². The predicted molar refractivity (Wildman–Crippen MR) is 70.3 cm³/mol. The second-order valence-corrected chi connectivity index (χ2v) is 4.74. The average Bonchev–Trinajstić information content (AvgIpc) is 3.07. The van der Waals surface area contributed by atoms with E-state index in [9.17, 15) is 0 Å². The summed E-state index contributed by atoms with van der Waals surface area (Å²) >= 11 is 0. The molecule has 16 heavy (non-hydrogen) atoms. The van der Waals surface area contributed by atoms with Gasteiger partial charge in [0.25, 0.3) is 0 Å². The molecule has 0 bridgehead atoms. The van der Waals surface area contributed by atoms with Crippen LogP contribution in [0, 0.1) is 5.41 Å². The van der Waals surface area contributed by atoms with Gasteiger partial charge in [-0.2, -0.15) is 0 Å². The molecule has 2 aliphatic rings. The highest BCUT2D eigenvalue weighted by atomic mass is 14.9. The minimum absolute atomic E-state index is 0.435. The summed E-state index contributed by atoms with van der Waals surface area (Å²) in [6, 6.07) is 0. The van der Waals surface area contributed by atoms with Crippen molar-refractivity contribution in [3.8, 4) is 0 Å². The molecule has 1 saturated carbocycles. The topological polar surface area (TPSA) is 12.0 Å². The smallest absolute Gasteiger partial charge is 0.00811 e. The van der Waals surface area contributed by atoms with Crippen LogP contribution in [0.1, 0.15) is 26.2 Å².